The summed E-state index contributed by atoms with van der Waals surface area (Å²) < 4.78 is 13.0. The molecule has 1 aromatic rings. The number of benzene rings is 1. The third-order valence-corrected chi connectivity index (χ3v) is 3.72. The minimum atomic E-state index is -0.912. The molecule has 2 N–H and O–H groups in total. The highest BCUT2D eigenvalue weighted by Gasteiger charge is 2.43. The first kappa shape index (κ1) is 17.2. The van der Waals surface area contributed by atoms with Gasteiger partial charge >= 0.3 is 6.03 Å². The second-order valence-electron chi connectivity index (χ2n) is 5.79. The molecular weight excluding hydrogens is 325 g/mol. The van der Waals surface area contributed by atoms with E-state index in [-0.39, 0.29) is 29.8 Å². The van der Waals surface area contributed by atoms with Crippen molar-refractivity contribution in [3.63, 3.8) is 0 Å². The number of hydrogen-bond donors (Lipinski definition) is 2. The van der Waals surface area contributed by atoms with Gasteiger partial charge in [0.25, 0.3) is 5.91 Å². The van der Waals surface area contributed by atoms with Gasteiger partial charge in [0.15, 0.2) is 0 Å². The van der Waals surface area contributed by atoms with Crippen LogP contribution in [0.2, 0.25) is 5.02 Å². The minimum Gasteiger partial charge on any atom is -0.326 e. The van der Waals surface area contributed by atoms with Crippen LogP contribution in [0.5, 0.6) is 0 Å². The number of halogens is 2. The van der Waals surface area contributed by atoms with Crippen molar-refractivity contribution in [3.05, 3.63) is 29.0 Å². The summed E-state index contributed by atoms with van der Waals surface area (Å²) in [6, 6.07) is 3.42. The lowest BCUT2D eigenvalue weighted by molar-refractivity contribution is -0.130. The van der Waals surface area contributed by atoms with Crippen LogP contribution in [0.4, 0.5) is 14.9 Å². The van der Waals surface area contributed by atoms with Crippen LogP contribution in [0.25, 0.3) is 0 Å². The Bertz CT molecular complexity index is 663. The van der Waals surface area contributed by atoms with Gasteiger partial charge in [0, 0.05) is 18.7 Å². The zero-order valence-electron chi connectivity index (χ0n) is 12.8. The number of hydrogen-bond acceptors (Lipinski definition) is 3. The van der Waals surface area contributed by atoms with Crippen LogP contribution in [-0.4, -0.2) is 34.8 Å². The summed E-state index contributed by atoms with van der Waals surface area (Å²) >= 11 is 5.63. The van der Waals surface area contributed by atoms with Gasteiger partial charge in [0.05, 0.1) is 5.02 Å². The van der Waals surface area contributed by atoms with Gasteiger partial charge in [-0.15, -0.1) is 0 Å². The lowest BCUT2D eigenvalue weighted by atomic mass is 10.1. The highest BCUT2D eigenvalue weighted by molar-refractivity contribution is 6.31. The summed E-state index contributed by atoms with van der Waals surface area (Å²) in [5, 5.41) is 5.07. The SMILES string of the molecule is CC1(C)NC(=O)N(CCCC(=O)Nc2ccc(F)c(Cl)c2)C1=O. The minimum absolute atomic E-state index is 0.0793. The van der Waals surface area contributed by atoms with Gasteiger partial charge in [-0.3, -0.25) is 14.5 Å². The van der Waals surface area contributed by atoms with Gasteiger partial charge < -0.3 is 10.6 Å². The predicted octanol–water partition coefficient (Wildman–Crippen LogP) is 2.53. The molecule has 2 rings (SSSR count). The molecule has 124 valence electrons. The van der Waals surface area contributed by atoms with Gasteiger partial charge in [-0.25, -0.2) is 9.18 Å². The van der Waals surface area contributed by atoms with E-state index < -0.39 is 17.4 Å². The molecule has 0 saturated carbocycles. The normalized spacial score (nSPS) is 16.4. The second kappa shape index (κ2) is 6.54. The Morgan fingerprint density at radius 1 is 1.39 bits per heavy atom. The van der Waals surface area contributed by atoms with Gasteiger partial charge in [-0.05, 0) is 38.5 Å². The maximum absolute atomic E-state index is 13.0. The first-order valence-electron chi connectivity index (χ1n) is 7.10. The van der Waals surface area contributed by atoms with E-state index in [1.165, 1.54) is 12.1 Å². The van der Waals surface area contributed by atoms with E-state index in [1.807, 2.05) is 0 Å². The number of nitrogens with zero attached hydrogens (tertiary/aromatic N) is 1. The predicted molar refractivity (Wildman–Crippen MR) is 83.6 cm³/mol. The summed E-state index contributed by atoms with van der Waals surface area (Å²) in [7, 11) is 0. The lowest BCUT2D eigenvalue weighted by Crippen LogP contribution is -2.40. The van der Waals surface area contributed by atoms with Crippen molar-refractivity contribution in [2.45, 2.75) is 32.2 Å². The van der Waals surface area contributed by atoms with Crippen molar-refractivity contribution in [2.24, 2.45) is 0 Å². The Morgan fingerprint density at radius 3 is 2.65 bits per heavy atom. The molecule has 0 atom stereocenters. The number of rotatable bonds is 5. The molecule has 1 aliphatic heterocycles. The number of carbonyl (C=O) groups excluding carboxylic acids is 3. The van der Waals surface area contributed by atoms with Crippen LogP contribution in [0.3, 0.4) is 0 Å². The molecule has 1 aromatic carbocycles. The Labute approximate surface area is 138 Å². The van der Waals surface area contributed by atoms with Crippen LogP contribution in [-0.2, 0) is 9.59 Å². The number of imide groups is 1. The van der Waals surface area contributed by atoms with Crippen LogP contribution in [0.1, 0.15) is 26.7 Å². The highest BCUT2D eigenvalue weighted by Crippen LogP contribution is 2.20. The zero-order chi connectivity index (χ0) is 17.2. The molecule has 1 heterocycles. The fraction of sp³-hybridized carbons (Fsp3) is 0.400. The van der Waals surface area contributed by atoms with Crippen molar-refractivity contribution >= 4 is 35.1 Å². The van der Waals surface area contributed by atoms with Crippen LogP contribution in [0.15, 0.2) is 18.2 Å². The molecular formula is C15H17ClFN3O3. The van der Waals surface area contributed by atoms with Crippen molar-refractivity contribution < 1.29 is 18.8 Å². The maximum atomic E-state index is 13.0. The summed E-state index contributed by atoms with van der Waals surface area (Å²) in [4.78, 5) is 36.6. The molecule has 1 saturated heterocycles. The fourth-order valence-corrected chi connectivity index (χ4v) is 2.40. The molecule has 0 unspecified atom stereocenters. The molecule has 4 amide bonds. The van der Waals surface area contributed by atoms with Crippen molar-refractivity contribution in [1.29, 1.82) is 0 Å². The van der Waals surface area contributed by atoms with Gasteiger partial charge in [-0.2, -0.15) is 0 Å². The molecule has 1 fully saturated rings. The maximum Gasteiger partial charge on any atom is 0.325 e. The van der Waals surface area contributed by atoms with E-state index in [0.29, 0.717) is 12.1 Å². The molecule has 23 heavy (non-hydrogen) atoms. The second-order valence-corrected chi connectivity index (χ2v) is 6.20. The largest absolute Gasteiger partial charge is 0.326 e. The lowest BCUT2D eigenvalue weighted by Gasteiger charge is -2.15. The molecule has 1 aliphatic rings. The summed E-state index contributed by atoms with van der Waals surface area (Å²) in [6.45, 7) is 3.40. The van der Waals surface area contributed by atoms with E-state index >= 15 is 0 Å². The van der Waals surface area contributed by atoms with Gasteiger partial charge in [-0.1, -0.05) is 11.6 Å². The number of amides is 4. The smallest absolute Gasteiger partial charge is 0.325 e. The molecule has 6 nitrogen and oxygen atoms in total. The summed E-state index contributed by atoms with van der Waals surface area (Å²) in [5.74, 6) is -1.18. The van der Waals surface area contributed by atoms with E-state index in [1.54, 1.807) is 13.8 Å². The molecule has 0 spiro atoms. The van der Waals surface area contributed by atoms with Crippen molar-refractivity contribution in [2.75, 3.05) is 11.9 Å². The van der Waals surface area contributed by atoms with E-state index in [0.717, 1.165) is 11.0 Å². The fourth-order valence-electron chi connectivity index (χ4n) is 2.22. The Morgan fingerprint density at radius 2 is 2.09 bits per heavy atom. The molecule has 8 heteroatoms. The highest BCUT2D eigenvalue weighted by atomic mass is 35.5. The molecule has 0 aliphatic carbocycles. The first-order chi connectivity index (χ1) is 10.7. The average molecular weight is 342 g/mol. The third kappa shape index (κ3) is 3.98. The monoisotopic (exact) mass is 341 g/mol. The van der Waals surface area contributed by atoms with Crippen LogP contribution < -0.4 is 10.6 Å². The van der Waals surface area contributed by atoms with Crippen LogP contribution in [0, 0.1) is 5.82 Å². The zero-order valence-corrected chi connectivity index (χ0v) is 13.5. The number of urea groups is 1. The average Bonchev–Trinajstić information content (AvgIpc) is 2.64. The molecule has 0 aromatic heterocycles. The van der Waals surface area contributed by atoms with Crippen molar-refractivity contribution in [1.82, 2.24) is 10.2 Å². The Hall–Kier alpha value is -2.15. The third-order valence-electron chi connectivity index (χ3n) is 3.43. The number of nitrogens with one attached hydrogen (secondary N) is 2. The van der Waals surface area contributed by atoms with Crippen molar-refractivity contribution in [3.8, 4) is 0 Å². The summed E-state index contributed by atoms with van der Waals surface area (Å²) in [6.07, 6.45) is 0.447. The Kier molecular flexibility index (Phi) is 4.89. The summed E-state index contributed by atoms with van der Waals surface area (Å²) in [5.41, 5.74) is -0.526. The van der Waals surface area contributed by atoms with E-state index in [9.17, 15) is 18.8 Å². The van der Waals surface area contributed by atoms with Crippen LogP contribution >= 0.6 is 11.6 Å². The number of carbonyl (C=O) groups is 3. The molecule has 0 radical (unpaired) electrons. The standard InChI is InChI=1S/C15H17ClFN3O3/c1-15(2)13(22)20(14(23)19-15)7-3-4-12(21)18-9-5-6-11(17)10(16)8-9/h5-6,8H,3-4,7H2,1-2H3,(H,18,21)(H,19,23). The Balaban J connectivity index is 1.82. The quantitative estimate of drug-likeness (QED) is 0.808. The van der Waals surface area contributed by atoms with Gasteiger partial charge in [0.1, 0.15) is 11.4 Å². The number of anilines is 1. The molecule has 0 bridgehead atoms. The van der Waals surface area contributed by atoms with Gasteiger partial charge in [0.2, 0.25) is 5.91 Å². The van der Waals surface area contributed by atoms with E-state index in [4.69, 9.17) is 11.6 Å². The van der Waals surface area contributed by atoms with E-state index in [2.05, 4.69) is 10.6 Å². The topological polar surface area (TPSA) is 78.5 Å². The first-order valence-corrected chi connectivity index (χ1v) is 7.47.